The Morgan fingerprint density at radius 2 is 2.12 bits per heavy atom. The Balaban J connectivity index is 2.11. The number of hydrogen-bond acceptors (Lipinski definition) is 2. The first-order valence-electron chi connectivity index (χ1n) is 6.00. The number of carbonyl (C=O) groups is 1. The lowest BCUT2D eigenvalue weighted by atomic mass is 9.83. The van der Waals surface area contributed by atoms with Gasteiger partial charge in [0.15, 0.2) is 0 Å². The molecule has 1 spiro atoms. The number of epoxide rings is 1. The molecule has 1 saturated carbocycles. The fourth-order valence-corrected chi connectivity index (χ4v) is 2.87. The van der Waals surface area contributed by atoms with Crippen molar-refractivity contribution in [1.82, 2.24) is 4.90 Å². The first-order valence-corrected chi connectivity index (χ1v) is 6.00. The van der Waals surface area contributed by atoms with E-state index in [-0.39, 0.29) is 17.2 Å². The van der Waals surface area contributed by atoms with Crippen molar-refractivity contribution in [1.29, 1.82) is 0 Å². The highest BCUT2D eigenvalue weighted by atomic mass is 16.6. The van der Waals surface area contributed by atoms with E-state index in [4.69, 9.17) is 4.74 Å². The molecule has 2 fully saturated rings. The van der Waals surface area contributed by atoms with Crippen LogP contribution in [0.5, 0.6) is 0 Å². The van der Waals surface area contributed by atoms with Gasteiger partial charge in [-0.05, 0) is 46.5 Å². The van der Waals surface area contributed by atoms with Gasteiger partial charge < -0.3 is 14.7 Å². The van der Waals surface area contributed by atoms with Crippen LogP contribution in [0.1, 0.15) is 46.5 Å². The molecule has 2 unspecified atom stereocenters. The summed E-state index contributed by atoms with van der Waals surface area (Å²) >= 11 is 0. The molecule has 0 radical (unpaired) electrons. The van der Waals surface area contributed by atoms with Crippen LogP contribution in [0.2, 0.25) is 0 Å². The lowest BCUT2D eigenvalue weighted by molar-refractivity contribution is 0.0412. The van der Waals surface area contributed by atoms with Crippen LogP contribution in [-0.4, -0.2) is 39.9 Å². The molecule has 16 heavy (non-hydrogen) atoms. The van der Waals surface area contributed by atoms with E-state index in [0.29, 0.717) is 0 Å². The molecule has 2 atom stereocenters. The minimum absolute atomic E-state index is 0.0296. The lowest BCUT2D eigenvalue weighted by Crippen LogP contribution is -2.53. The zero-order valence-electron chi connectivity index (χ0n) is 10.3. The second-order valence-electron chi connectivity index (χ2n) is 6.05. The topological polar surface area (TPSA) is 53.1 Å². The molecule has 1 N–H and O–H groups in total. The summed E-state index contributed by atoms with van der Waals surface area (Å²) in [7, 11) is 0. The van der Waals surface area contributed by atoms with E-state index < -0.39 is 6.09 Å². The molecule has 0 aromatic carbocycles. The van der Waals surface area contributed by atoms with Gasteiger partial charge in [-0.1, -0.05) is 0 Å². The van der Waals surface area contributed by atoms with E-state index in [1.807, 2.05) is 20.8 Å². The molecule has 1 saturated heterocycles. The normalized spacial score (nSPS) is 33.8. The highest BCUT2D eigenvalue weighted by molar-refractivity contribution is 5.66. The van der Waals surface area contributed by atoms with Crippen molar-refractivity contribution in [3.8, 4) is 0 Å². The molecule has 1 amide bonds. The average Bonchev–Trinajstić information content (AvgIpc) is 2.81. The fraction of sp³-hybridized carbons (Fsp3) is 0.917. The van der Waals surface area contributed by atoms with Gasteiger partial charge in [0.05, 0.1) is 12.2 Å². The fourth-order valence-electron chi connectivity index (χ4n) is 2.87. The summed E-state index contributed by atoms with van der Waals surface area (Å²) in [5.41, 5.74) is -0.300. The van der Waals surface area contributed by atoms with Crippen molar-refractivity contribution in [3.63, 3.8) is 0 Å². The Morgan fingerprint density at radius 3 is 2.56 bits per heavy atom. The van der Waals surface area contributed by atoms with Crippen molar-refractivity contribution < 1.29 is 14.6 Å². The van der Waals surface area contributed by atoms with E-state index in [1.165, 1.54) is 0 Å². The molecule has 2 aliphatic rings. The molecule has 1 aliphatic heterocycles. The summed E-state index contributed by atoms with van der Waals surface area (Å²) in [6, 6.07) is 0.119. The van der Waals surface area contributed by atoms with Crippen molar-refractivity contribution in [2.24, 2.45) is 0 Å². The van der Waals surface area contributed by atoms with Gasteiger partial charge in [0.2, 0.25) is 0 Å². The number of carboxylic acid groups (broad SMARTS) is 1. The summed E-state index contributed by atoms with van der Waals surface area (Å²) in [6.45, 7) is 6.68. The third kappa shape index (κ3) is 2.17. The lowest BCUT2D eigenvalue weighted by Gasteiger charge is -2.42. The van der Waals surface area contributed by atoms with Crippen LogP contribution >= 0.6 is 0 Å². The Kier molecular flexibility index (Phi) is 2.65. The summed E-state index contributed by atoms with van der Waals surface area (Å²) in [5, 5.41) is 9.34. The standard InChI is InChI=1S/C12H21NO3/c1-11(2,3)13(10(14)15)9-5-4-6-12(7-9)8-16-12/h9H,4-8H2,1-3H3,(H,14,15). The van der Waals surface area contributed by atoms with E-state index in [9.17, 15) is 9.90 Å². The molecule has 0 aromatic rings. The quantitative estimate of drug-likeness (QED) is 0.700. The molecule has 1 heterocycles. The van der Waals surface area contributed by atoms with Gasteiger partial charge in [0.25, 0.3) is 0 Å². The first kappa shape index (κ1) is 11.7. The van der Waals surface area contributed by atoms with Gasteiger partial charge in [-0.2, -0.15) is 0 Å². The van der Waals surface area contributed by atoms with Crippen molar-refractivity contribution in [2.75, 3.05) is 6.61 Å². The monoisotopic (exact) mass is 227 g/mol. The molecule has 4 heteroatoms. The first-order chi connectivity index (χ1) is 7.34. The molecular formula is C12H21NO3. The summed E-state index contributed by atoms with van der Waals surface area (Å²) in [5.74, 6) is 0. The molecule has 0 aromatic heterocycles. The van der Waals surface area contributed by atoms with E-state index >= 15 is 0 Å². The number of ether oxygens (including phenoxy) is 1. The largest absolute Gasteiger partial charge is 0.465 e. The highest BCUT2D eigenvalue weighted by Gasteiger charge is 2.50. The van der Waals surface area contributed by atoms with Gasteiger partial charge in [0.1, 0.15) is 0 Å². The summed E-state index contributed by atoms with van der Waals surface area (Å²) in [6.07, 6.45) is 3.20. The van der Waals surface area contributed by atoms with Gasteiger partial charge in [-0.3, -0.25) is 0 Å². The smallest absolute Gasteiger partial charge is 0.407 e. The maximum Gasteiger partial charge on any atom is 0.407 e. The molecule has 1 aliphatic carbocycles. The zero-order chi connectivity index (χ0) is 12.0. The number of hydrogen-bond donors (Lipinski definition) is 1. The minimum Gasteiger partial charge on any atom is -0.465 e. The molecule has 92 valence electrons. The van der Waals surface area contributed by atoms with E-state index in [1.54, 1.807) is 4.90 Å². The second-order valence-corrected chi connectivity index (χ2v) is 6.05. The molecule has 2 rings (SSSR count). The maximum absolute atomic E-state index is 11.4. The number of rotatable bonds is 1. The molecular weight excluding hydrogens is 206 g/mol. The van der Waals surface area contributed by atoms with Gasteiger partial charge >= 0.3 is 6.09 Å². The van der Waals surface area contributed by atoms with Crippen LogP contribution in [0.4, 0.5) is 4.79 Å². The highest BCUT2D eigenvalue weighted by Crippen LogP contribution is 2.44. The number of nitrogens with zero attached hydrogens (tertiary/aromatic N) is 1. The zero-order valence-corrected chi connectivity index (χ0v) is 10.3. The summed E-state index contributed by atoms with van der Waals surface area (Å²) in [4.78, 5) is 13.0. The van der Waals surface area contributed by atoms with Crippen LogP contribution in [0, 0.1) is 0 Å². The summed E-state index contributed by atoms with van der Waals surface area (Å²) < 4.78 is 5.49. The van der Waals surface area contributed by atoms with Gasteiger partial charge in [0, 0.05) is 11.6 Å². The van der Waals surface area contributed by atoms with Crippen LogP contribution in [0.15, 0.2) is 0 Å². The third-order valence-corrected chi connectivity index (χ3v) is 3.62. The Labute approximate surface area is 96.6 Å². The van der Waals surface area contributed by atoms with Crippen molar-refractivity contribution >= 4 is 6.09 Å². The predicted octanol–water partition coefficient (Wildman–Crippen LogP) is 2.48. The van der Waals surface area contributed by atoms with Gasteiger partial charge in [-0.25, -0.2) is 4.79 Å². The molecule has 4 nitrogen and oxygen atoms in total. The Bertz CT molecular complexity index is 291. The third-order valence-electron chi connectivity index (χ3n) is 3.62. The van der Waals surface area contributed by atoms with Gasteiger partial charge in [-0.15, -0.1) is 0 Å². The molecule has 0 bridgehead atoms. The Hall–Kier alpha value is -0.770. The predicted molar refractivity (Wildman–Crippen MR) is 60.6 cm³/mol. The van der Waals surface area contributed by atoms with Crippen molar-refractivity contribution in [2.45, 2.75) is 63.6 Å². The number of amides is 1. The maximum atomic E-state index is 11.4. The van der Waals surface area contributed by atoms with E-state index in [2.05, 4.69) is 0 Å². The second kappa shape index (κ2) is 3.62. The average molecular weight is 227 g/mol. The minimum atomic E-state index is -0.810. The van der Waals surface area contributed by atoms with E-state index in [0.717, 1.165) is 32.3 Å². The van der Waals surface area contributed by atoms with Crippen LogP contribution < -0.4 is 0 Å². The van der Waals surface area contributed by atoms with Crippen molar-refractivity contribution in [3.05, 3.63) is 0 Å². The van der Waals surface area contributed by atoms with Crippen LogP contribution in [-0.2, 0) is 4.74 Å². The SMILES string of the molecule is CC(C)(C)N(C(=O)O)C1CCCC2(CO2)C1. The van der Waals surface area contributed by atoms with Crippen LogP contribution in [0.3, 0.4) is 0 Å². The Morgan fingerprint density at radius 1 is 1.50 bits per heavy atom. The van der Waals surface area contributed by atoms with Crippen LogP contribution in [0.25, 0.3) is 0 Å².